The summed E-state index contributed by atoms with van der Waals surface area (Å²) >= 11 is 6.25. The van der Waals surface area contributed by atoms with Crippen LogP contribution in [0.4, 0.5) is 0 Å². The van der Waals surface area contributed by atoms with Crippen LogP contribution in [0.25, 0.3) is 5.57 Å². The van der Waals surface area contributed by atoms with E-state index < -0.39 is 0 Å². The number of benzene rings is 1. The van der Waals surface area contributed by atoms with Gasteiger partial charge in [-0.05, 0) is 12.5 Å². The van der Waals surface area contributed by atoms with Crippen molar-refractivity contribution >= 4 is 23.0 Å². The summed E-state index contributed by atoms with van der Waals surface area (Å²) in [4.78, 5) is 13.7. The lowest BCUT2D eigenvalue weighted by molar-refractivity contribution is -0.115. The minimum atomic E-state index is -0.0267. The van der Waals surface area contributed by atoms with Crippen molar-refractivity contribution in [2.75, 3.05) is 20.7 Å². The lowest BCUT2D eigenvalue weighted by Gasteiger charge is -2.15. The Hall–Kier alpha value is -1.48. The molecule has 4 heteroatoms. The Bertz CT molecular complexity index is 506. The Morgan fingerprint density at radius 3 is 2.71 bits per heavy atom. The molecule has 0 radical (unpaired) electrons. The minimum absolute atomic E-state index is 0.0267. The molecule has 0 saturated carbocycles. The standard InChI is InChI=1S/C13H14ClNO2/c1-8-5-4-6-9(12(8)14)11-10(16)7-17-13(11)15(2)3/h4-6H,7H2,1-3H3. The van der Waals surface area contributed by atoms with Gasteiger partial charge >= 0.3 is 0 Å². The van der Waals surface area contributed by atoms with Crippen LogP contribution < -0.4 is 0 Å². The number of hydrogen-bond acceptors (Lipinski definition) is 3. The molecule has 3 nitrogen and oxygen atoms in total. The second-order valence-corrected chi connectivity index (χ2v) is 4.60. The number of rotatable bonds is 2. The first-order valence-electron chi connectivity index (χ1n) is 5.35. The first kappa shape index (κ1) is 12.0. The van der Waals surface area contributed by atoms with E-state index in [1.165, 1.54) is 0 Å². The van der Waals surface area contributed by atoms with Crippen molar-refractivity contribution in [3.63, 3.8) is 0 Å². The van der Waals surface area contributed by atoms with Crippen LogP contribution in [0.3, 0.4) is 0 Å². The van der Waals surface area contributed by atoms with Crippen molar-refractivity contribution in [3.8, 4) is 0 Å². The summed E-state index contributed by atoms with van der Waals surface area (Å²) in [7, 11) is 3.69. The van der Waals surface area contributed by atoms with Gasteiger partial charge in [0.25, 0.3) is 0 Å². The highest BCUT2D eigenvalue weighted by atomic mass is 35.5. The van der Waals surface area contributed by atoms with Crippen LogP contribution in [0.5, 0.6) is 0 Å². The van der Waals surface area contributed by atoms with E-state index >= 15 is 0 Å². The zero-order valence-corrected chi connectivity index (χ0v) is 10.8. The summed E-state index contributed by atoms with van der Waals surface area (Å²) in [6.45, 7) is 2.01. The summed E-state index contributed by atoms with van der Waals surface area (Å²) in [5.74, 6) is 0.559. The molecule has 17 heavy (non-hydrogen) atoms. The average Bonchev–Trinajstić information content (AvgIpc) is 2.65. The van der Waals surface area contributed by atoms with Gasteiger partial charge in [0.1, 0.15) is 0 Å². The van der Waals surface area contributed by atoms with Gasteiger partial charge < -0.3 is 9.64 Å². The van der Waals surface area contributed by atoms with E-state index in [2.05, 4.69) is 0 Å². The normalized spacial score (nSPS) is 15.2. The lowest BCUT2D eigenvalue weighted by atomic mass is 10.0. The van der Waals surface area contributed by atoms with E-state index in [-0.39, 0.29) is 12.4 Å². The molecule has 0 aromatic heterocycles. The zero-order valence-electron chi connectivity index (χ0n) is 10.1. The maximum atomic E-state index is 11.9. The molecule has 1 aromatic rings. The fourth-order valence-electron chi connectivity index (χ4n) is 1.86. The SMILES string of the molecule is Cc1cccc(C2=C(N(C)C)OCC2=O)c1Cl. The zero-order chi connectivity index (χ0) is 12.6. The highest BCUT2D eigenvalue weighted by Gasteiger charge is 2.29. The molecule has 0 atom stereocenters. The Labute approximate surface area is 106 Å². The third-order valence-electron chi connectivity index (χ3n) is 2.70. The molecule has 0 bridgehead atoms. The molecule has 0 aliphatic carbocycles. The smallest absolute Gasteiger partial charge is 0.206 e. The Kier molecular flexibility index (Phi) is 3.11. The van der Waals surface area contributed by atoms with E-state index in [4.69, 9.17) is 16.3 Å². The maximum absolute atomic E-state index is 11.9. The Morgan fingerprint density at radius 1 is 1.35 bits per heavy atom. The molecule has 0 spiro atoms. The molecule has 90 valence electrons. The lowest BCUT2D eigenvalue weighted by Crippen LogP contribution is -2.12. The van der Waals surface area contributed by atoms with E-state index in [0.717, 1.165) is 11.1 Å². The van der Waals surface area contributed by atoms with Gasteiger partial charge in [-0.15, -0.1) is 0 Å². The molecule has 1 aliphatic heterocycles. The van der Waals surface area contributed by atoms with E-state index in [9.17, 15) is 4.79 Å². The van der Waals surface area contributed by atoms with Gasteiger partial charge in [0.05, 0.1) is 10.6 Å². The number of aryl methyl sites for hydroxylation is 1. The molecule has 0 N–H and O–H groups in total. The van der Waals surface area contributed by atoms with Gasteiger partial charge in [-0.3, -0.25) is 4.79 Å². The third kappa shape index (κ3) is 2.03. The van der Waals surface area contributed by atoms with E-state index in [0.29, 0.717) is 16.5 Å². The Balaban J connectivity index is 2.62. The Morgan fingerprint density at radius 2 is 2.06 bits per heavy atom. The van der Waals surface area contributed by atoms with E-state index in [1.807, 2.05) is 39.2 Å². The molecule has 0 saturated heterocycles. The number of carbonyl (C=O) groups is 1. The molecule has 1 aromatic carbocycles. The number of ketones is 1. The number of halogens is 1. The number of ether oxygens (including phenoxy) is 1. The number of carbonyl (C=O) groups excluding carboxylic acids is 1. The predicted molar refractivity (Wildman–Crippen MR) is 67.8 cm³/mol. The molecule has 1 aliphatic rings. The van der Waals surface area contributed by atoms with Crippen molar-refractivity contribution in [2.45, 2.75) is 6.92 Å². The molecular weight excluding hydrogens is 238 g/mol. The number of Topliss-reactive ketones (excluding diaryl/α,β-unsaturated/α-hetero) is 1. The van der Waals surface area contributed by atoms with Crippen molar-refractivity contribution in [1.82, 2.24) is 4.90 Å². The highest BCUT2D eigenvalue weighted by molar-refractivity contribution is 6.36. The summed E-state index contributed by atoms with van der Waals surface area (Å²) in [6, 6.07) is 5.66. The number of nitrogens with zero attached hydrogens (tertiary/aromatic N) is 1. The number of hydrogen-bond donors (Lipinski definition) is 0. The van der Waals surface area contributed by atoms with Gasteiger partial charge in [-0.2, -0.15) is 0 Å². The van der Waals surface area contributed by atoms with Crippen molar-refractivity contribution in [1.29, 1.82) is 0 Å². The topological polar surface area (TPSA) is 29.5 Å². The predicted octanol–water partition coefficient (Wildman–Crippen LogP) is 2.48. The van der Waals surface area contributed by atoms with Gasteiger partial charge in [-0.25, -0.2) is 0 Å². The summed E-state index contributed by atoms with van der Waals surface area (Å²) in [5, 5.41) is 0.612. The summed E-state index contributed by atoms with van der Waals surface area (Å²) in [6.07, 6.45) is 0. The van der Waals surface area contributed by atoms with Gasteiger partial charge in [0.2, 0.25) is 11.7 Å². The van der Waals surface area contributed by atoms with Crippen LogP contribution in [0.2, 0.25) is 5.02 Å². The van der Waals surface area contributed by atoms with Gasteiger partial charge in [0, 0.05) is 19.7 Å². The minimum Gasteiger partial charge on any atom is -0.470 e. The quantitative estimate of drug-likeness (QED) is 0.809. The molecule has 0 amide bonds. The maximum Gasteiger partial charge on any atom is 0.206 e. The van der Waals surface area contributed by atoms with Crippen molar-refractivity contribution in [2.24, 2.45) is 0 Å². The van der Waals surface area contributed by atoms with E-state index in [1.54, 1.807) is 4.90 Å². The summed E-state index contributed by atoms with van der Waals surface area (Å²) < 4.78 is 5.39. The third-order valence-corrected chi connectivity index (χ3v) is 3.20. The molecule has 0 unspecified atom stereocenters. The van der Waals surface area contributed by atoms with Crippen LogP contribution in [0.1, 0.15) is 11.1 Å². The van der Waals surface area contributed by atoms with Crippen molar-refractivity contribution in [3.05, 3.63) is 40.2 Å². The fourth-order valence-corrected chi connectivity index (χ4v) is 2.08. The molecule has 1 heterocycles. The van der Waals surface area contributed by atoms with Crippen LogP contribution in [-0.4, -0.2) is 31.4 Å². The van der Waals surface area contributed by atoms with Crippen LogP contribution in [0, 0.1) is 6.92 Å². The van der Waals surface area contributed by atoms with Crippen molar-refractivity contribution < 1.29 is 9.53 Å². The largest absolute Gasteiger partial charge is 0.470 e. The van der Waals surface area contributed by atoms with Crippen LogP contribution in [-0.2, 0) is 9.53 Å². The van der Waals surface area contributed by atoms with Crippen LogP contribution in [0.15, 0.2) is 24.1 Å². The second kappa shape index (κ2) is 4.41. The average molecular weight is 252 g/mol. The second-order valence-electron chi connectivity index (χ2n) is 4.22. The first-order chi connectivity index (χ1) is 8.02. The molecule has 2 rings (SSSR count). The molecular formula is C13H14ClNO2. The van der Waals surface area contributed by atoms with Gasteiger partial charge in [-0.1, -0.05) is 29.8 Å². The summed E-state index contributed by atoms with van der Waals surface area (Å²) in [5.41, 5.74) is 2.27. The fraction of sp³-hybridized carbons (Fsp3) is 0.308. The van der Waals surface area contributed by atoms with Gasteiger partial charge in [0.15, 0.2) is 6.61 Å². The monoisotopic (exact) mass is 251 g/mol. The highest BCUT2D eigenvalue weighted by Crippen LogP contribution is 2.33. The van der Waals surface area contributed by atoms with Crippen LogP contribution >= 0.6 is 11.6 Å². The molecule has 0 fully saturated rings. The first-order valence-corrected chi connectivity index (χ1v) is 5.73.